The summed E-state index contributed by atoms with van der Waals surface area (Å²) >= 11 is 3.51. The molecule has 1 aliphatic rings. The smallest absolute Gasteiger partial charge is 0.278 e. The Hall–Kier alpha value is -2.38. The van der Waals surface area contributed by atoms with Gasteiger partial charge in [-0.2, -0.15) is 4.99 Å². The van der Waals surface area contributed by atoms with Gasteiger partial charge in [0, 0.05) is 34.3 Å². The van der Waals surface area contributed by atoms with Gasteiger partial charge in [0.1, 0.15) is 5.84 Å². The Morgan fingerprint density at radius 3 is 2.92 bits per heavy atom. The number of nitrogens with zero attached hydrogens (tertiary/aromatic N) is 2. The fourth-order valence-electron chi connectivity index (χ4n) is 2.84. The van der Waals surface area contributed by atoms with Gasteiger partial charge in [-0.3, -0.25) is 4.79 Å². The maximum atomic E-state index is 12.5. The molecule has 3 nitrogen and oxygen atoms in total. The number of aliphatic imine (C=N–C) groups is 1. The summed E-state index contributed by atoms with van der Waals surface area (Å²) in [5.41, 5.74) is 3.52. The van der Waals surface area contributed by atoms with Crippen LogP contribution in [-0.4, -0.2) is 18.3 Å². The molecule has 0 radical (unpaired) electrons. The van der Waals surface area contributed by atoms with Crippen LogP contribution in [0.2, 0.25) is 0 Å². The summed E-state index contributed by atoms with van der Waals surface area (Å²) < 4.78 is 1.02. The van der Waals surface area contributed by atoms with Crippen molar-refractivity contribution >= 4 is 33.4 Å². The minimum absolute atomic E-state index is 0.255. The van der Waals surface area contributed by atoms with E-state index in [0.717, 1.165) is 29.0 Å². The van der Waals surface area contributed by atoms with Gasteiger partial charge >= 0.3 is 0 Å². The number of amidine groups is 1. The highest BCUT2D eigenvalue weighted by Crippen LogP contribution is 2.32. The van der Waals surface area contributed by atoms with Gasteiger partial charge in [-0.25, -0.2) is 0 Å². The molecular formula is C20H17BrN2O. The van der Waals surface area contributed by atoms with Crippen LogP contribution in [0.15, 0.2) is 51.9 Å². The molecule has 0 fully saturated rings. The second kappa shape index (κ2) is 7.02. The first-order chi connectivity index (χ1) is 11.6. The van der Waals surface area contributed by atoms with Gasteiger partial charge < -0.3 is 4.90 Å². The molecule has 3 rings (SSSR count). The van der Waals surface area contributed by atoms with Crippen LogP contribution in [0.5, 0.6) is 0 Å². The number of anilines is 1. The third-order valence-electron chi connectivity index (χ3n) is 3.95. The van der Waals surface area contributed by atoms with Crippen molar-refractivity contribution in [3.05, 3.63) is 63.6 Å². The van der Waals surface area contributed by atoms with E-state index in [-0.39, 0.29) is 5.91 Å². The first-order valence-electron chi connectivity index (χ1n) is 7.87. The molecule has 0 bridgehead atoms. The maximum absolute atomic E-state index is 12.5. The topological polar surface area (TPSA) is 32.7 Å². The van der Waals surface area contributed by atoms with E-state index < -0.39 is 0 Å². The largest absolute Gasteiger partial charge is 0.329 e. The molecule has 0 spiro atoms. The van der Waals surface area contributed by atoms with Crippen LogP contribution in [0.3, 0.4) is 0 Å². The predicted molar refractivity (Wildman–Crippen MR) is 102 cm³/mol. The monoisotopic (exact) mass is 380 g/mol. The number of halogens is 1. The molecule has 0 aliphatic carbocycles. The summed E-state index contributed by atoms with van der Waals surface area (Å²) in [4.78, 5) is 19.1. The Kier molecular flexibility index (Phi) is 4.82. The Balaban J connectivity index is 1.94. The fraction of sp³-hybridized carbons (Fsp3) is 0.200. The lowest BCUT2D eigenvalue weighted by atomic mass is 10.1. The van der Waals surface area contributed by atoms with E-state index in [1.807, 2.05) is 6.07 Å². The summed E-state index contributed by atoms with van der Waals surface area (Å²) in [5, 5.41) is 0. The molecule has 0 saturated carbocycles. The number of hydrogen-bond acceptors (Lipinski definition) is 1. The number of fused-ring (bicyclic) bond motifs is 1. The first kappa shape index (κ1) is 16.5. The van der Waals surface area contributed by atoms with Crippen molar-refractivity contribution in [3.8, 4) is 12.3 Å². The summed E-state index contributed by atoms with van der Waals surface area (Å²) in [6, 6.07) is 13.2. The van der Waals surface area contributed by atoms with E-state index in [1.165, 1.54) is 5.56 Å². The van der Waals surface area contributed by atoms with E-state index in [4.69, 9.17) is 6.42 Å². The first-order valence-corrected chi connectivity index (χ1v) is 8.66. The third kappa shape index (κ3) is 3.27. The van der Waals surface area contributed by atoms with E-state index in [1.54, 1.807) is 24.3 Å². The zero-order valence-electron chi connectivity index (χ0n) is 13.4. The Bertz CT molecular complexity index is 864. The second-order valence-corrected chi connectivity index (χ2v) is 6.58. The zero-order chi connectivity index (χ0) is 17.1. The highest BCUT2D eigenvalue weighted by Gasteiger charge is 2.26. The van der Waals surface area contributed by atoms with Crippen molar-refractivity contribution < 1.29 is 4.79 Å². The molecule has 2 aromatic carbocycles. The zero-order valence-corrected chi connectivity index (χ0v) is 15.0. The lowest BCUT2D eigenvalue weighted by Crippen LogP contribution is -2.28. The Labute approximate surface area is 150 Å². The van der Waals surface area contributed by atoms with Crippen LogP contribution in [0.4, 0.5) is 5.69 Å². The number of hydrogen-bond donors (Lipinski definition) is 0. The molecule has 0 unspecified atom stereocenters. The van der Waals surface area contributed by atoms with E-state index in [9.17, 15) is 4.79 Å². The van der Waals surface area contributed by atoms with Crippen LogP contribution < -0.4 is 4.90 Å². The molecule has 120 valence electrons. The molecule has 1 aliphatic heterocycles. The van der Waals surface area contributed by atoms with Crippen molar-refractivity contribution in [1.82, 2.24) is 0 Å². The molecule has 24 heavy (non-hydrogen) atoms. The van der Waals surface area contributed by atoms with E-state index in [2.05, 4.69) is 50.8 Å². The molecule has 0 aromatic heterocycles. The van der Waals surface area contributed by atoms with Crippen molar-refractivity contribution in [1.29, 1.82) is 0 Å². The minimum atomic E-state index is -0.255. The number of carbonyl (C=O) groups is 1. The molecule has 4 heteroatoms. The summed E-state index contributed by atoms with van der Waals surface area (Å²) in [6.07, 6.45) is 7.05. The van der Waals surface area contributed by atoms with Gasteiger partial charge in [-0.15, -0.1) is 6.42 Å². The Morgan fingerprint density at radius 1 is 1.33 bits per heavy atom. The van der Waals surface area contributed by atoms with Crippen LogP contribution >= 0.6 is 15.9 Å². The predicted octanol–water partition coefficient (Wildman–Crippen LogP) is 4.44. The number of terminal acetylenes is 1. The highest BCUT2D eigenvalue weighted by atomic mass is 79.9. The lowest BCUT2D eigenvalue weighted by Gasteiger charge is -2.19. The van der Waals surface area contributed by atoms with E-state index >= 15 is 0 Å². The highest BCUT2D eigenvalue weighted by molar-refractivity contribution is 9.10. The van der Waals surface area contributed by atoms with Gasteiger partial charge in [0.2, 0.25) is 0 Å². The van der Waals surface area contributed by atoms with Crippen molar-refractivity contribution in [2.45, 2.75) is 19.8 Å². The van der Waals surface area contributed by atoms with Crippen molar-refractivity contribution in [3.63, 3.8) is 0 Å². The molecule has 1 heterocycles. The van der Waals surface area contributed by atoms with Crippen molar-refractivity contribution in [2.75, 3.05) is 11.4 Å². The molecule has 0 N–H and O–H groups in total. The second-order valence-electron chi connectivity index (χ2n) is 5.66. The summed E-state index contributed by atoms with van der Waals surface area (Å²) in [7, 11) is 0. The quantitative estimate of drug-likeness (QED) is 0.737. The number of amides is 1. The van der Waals surface area contributed by atoms with Gasteiger partial charge in [0.05, 0.1) is 0 Å². The van der Waals surface area contributed by atoms with E-state index in [0.29, 0.717) is 17.5 Å². The molecule has 0 atom stereocenters. The lowest BCUT2D eigenvalue weighted by molar-refractivity contribution is 0.100. The van der Waals surface area contributed by atoms with Crippen LogP contribution in [0.1, 0.15) is 34.8 Å². The minimum Gasteiger partial charge on any atom is -0.329 e. The molecule has 0 saturated heterocycles. The number of benzene rings is 2. The summed E-state index contributed by atoms with van der Waals surface area (Å²) in [5.74, 6) is 3.09. The van der Waals surface area contributed by atoms with Crippen molar-refractivity contribution in [2.24, 2.45) is 4.99 Å². The number of carbonyl (C=O) groups excluding carboxylic acids is 1. The van der Waals surface area contributed by atoms with Gasteiger partial charge in [0.15, 0.2) is 0 Å². The average molecular weight is 381 g/mol. The van der Waals surface area contributed by atoms with Gasteiger partial charge in [-0.05, 0) is 42.3 Å². The fourth-order valence-corrected chi connectivity index (χ4v) is 3.19. The Morgan fingerprint density at radius 2 is 2.17 bits per heavy atom. The van der Waals surface area contributed by atoms with Crippen LogP contribution in [-0.2, 0) is 6.42 Å². The SMILES string of the molecule is C#Cc1cccc(C(=O)N=C2Cc3ccc(Br)cc3N2CCC)c1. The molecule has 1 amide bonds. The van der Waals surface area contributed by atoms with Gasteiger partial charge in [0.25, 0.3) is 5.91 Å². The standard InChI is InChI=1S/C20H17BrN2O/c1-3-10-23-18-13-17(21)9-8-15(18)12-19(23)22-20(24)16-7-5-6-14(4-2)11-16/h2,5-9,11,13H,3,10,12H2,1H3. The molecular weight excluding hydrogens is 364 g/mol. The van der Waals surface area contributed by atoms with Crippen LogP contribution in [0.25, 0.3) is 0 Å². The molecule has 2 aromatic rings. The number of rotatable bonds is 3. The normalized spacial score (nSPS) is 14.5. The maximum Gasteiger partial charge on any atom is 0.278 e. The van der Waals surface area contributed by atoms with Crippen LogP contribution in [0, 0.1) is 12.3 Å². The summed E-state index contributed by atoms with van der Waals surface area (Å²) in [6.45, 7) is 2.95. The third-order valence-corrected chi connectivity index (χ3v) is 4.45. The van der Waals surface area contributed by atoms with Gasteiger partial charge in [-0.1, -0.05) is 40.9 Å². The average Bonchev–Trinajstić information content (AvgIpc) is 2.92.